The number of hydrogen-bond donors (Lipinski definition) is 0. The molecule has 6 rings (SSSR count). The lowest BCUT2D eigenvalue weighted by Gasteiger charge is -2.36. The highest BCUT2D eigenvalue weighted by molar-refractivity contribution is 5.48. The van der Waals surface area contributed by atoms with Crippen molar-refractivity contribution in [3.05, 3.63) is 96.2 Å². The Morgan fingerprint density at radius 3 is 1.47 bits per heavy atom. The smallest absolute Gasteiger partial charge is 0.124 e. The topological polar surface area (TPSA) is 74.2 Å². The number of hydrogen-bond acceptors (Lipinski definition) is 9. The second-order valence-electron chi connectivity index (χ2n) is 12.7. The van der Waals surface area contributed by atoms with E-state index < -0.39 is 0 Å². The standard InChI is InChI=1S/C19H27N3O2.C19H27N3O.4C2H6/c1-17-4-6-19(7-5-17)22-11-9-21(10-12-22)13-16-23-14-2-3-18-8-15-24-20-18;1(4-8-18-11-17-23-20-18)2-7-12-21-13-15-22(16-14-21)19-9-5-3-6-10-19;4*1-2/h4-8,15H,2-3,9-14,16H2,1H3;3,5-6,9-11,17H,1-2,4,7-8,12-16H2;4*1-2H3. The van der Waals surface area contributed by atoms with E-state index in [0.29, 0.717) is 0 Å². The summed E-state index contributed by atoms with van der Waals surface area (Å²) >= 11 is 0. The lowest BCUT2D eigenvalue weighted by atomic mass is 10.1. The maximum atomic E-state index is 5.75. The number of piperazine rings is 2. The van der Waals surface area contributed by atoms with Gasteiger partial charge in [0.05, 0.1) is 18.0 Å². The maximum Gasteiger partial charge on any atom is 0.124 e. The molecule has 2 aromatic heterocycles. The van der Waals surface area contributed by atoms with Crippen LogP contribution in [0.15, 0.2) is 88.3 Å². The monoisotopic (exact) mass is 763 g/mol. The van der Waals surface area contributed by atoms with Crippen molar-refractivity contribution in [2.24, 2.45) is 0 Å². The van der Waals surface area contributed by atoms with Gasteiger partial charge in [-0.15, -0.1) is 0 Å². The molecule has 4 heterocycles. The van der Waals surface area contributed by atoms with Crippen LogP contribution < -0.4 is 9.80 Å². The van der Waals surface area contributed by atoms with Gasteiger partial charge >= 0.3 is 0 Å². The molecule has 0 aliphatic carbocycles. The van der Waals surface area contributed by atoms with Gasteiger partial charge in [0, 0.05) is 89.0 Å². The largest absolute Gasteiger partial charge is 0.380 e. The van der Waals surface area contributed by atoms with Gasteiger partial charge in [-0.05, 0) is 69.8 Å². The van der Waals surface area contributed by atoms with Crippen LogP contribution in [0.1, 0.15) is 104 Å². The number of aromatic nitrogens is 2. The molecular weight excluding hydrogens is 685 g/mol. The zero-order valence-electron chi connectivity index (χ0n) is 36.3. The van der Waals surface area contributed by atoms with E-state index in [1.54, 1.807) is 12.5 Å². The number of benzene rings is 2. The maximum absolute atomic E-state index is 5.75. The fourth-order valence-corrected chi connectivity index (χ4v) is 6.23. The van der Waals surface area contributed by atoms with Gasteiger partial charge in [0.2, 0.25) is 0 Å². The zero-order valence-corrected chi connectivity index (χ0v) is 36.3. The first-order valence-corrected chi connectivity index (χ1v) is 21.7. The molecule has 2 aliphatic heterocycles. The van der Waals surface area contributed by atoms with Crippen molar-refractivity contribution in [3.8, 4) is 0 Å². The van der Waals surface area contributed by atoms with Gasteiger partial charge in [-0.1, -0.05) is 114 Å². The van der Waals surface area contributed by atoms with Crippen molar-refractivity contribution in [2.75, 3.05) is 88.5 Å². The van der Waals surface area contributed by atoms with Gasteiger partial charge in [0.25, 0.3) is 0 Å². The molecule has 2 saturated heterocycles. The highest BCUT2D eigenvalue weighted by atomic mass is 16.5. The van der Waals surface area contributed by atoms with E-state index in [2.05, 4.69) is 91.4 Å². The fraction of sp³-hybridized carbons (Fsp3) is 0.609. The molecule has 0 unspecified atom stereocenters. The number of ether oxygens (including phenoxy) is 1. The molecule has 0 atom stereocenters. The fourth-order valence-electron chi connectivity index (χ4n) is 6.23. The van der Waals surface area contributed by atoms with Crippen molar-refractivity contribution >= 4 is 11.4 Å². The quantitative estimate of drug-likeness (QED) is 0.104. The SMILES string of the molecule is CC.CC.CC.CC.Cc1ccc(N2CCN(CCOCCCc3ccon3)CC2)cc1.c1ccc(N2CCN(CCCCCCc3ccon3)CC2)cc1. The van der Waals surface area contributed by atoms with Gasteiger partial charge in [0.1, 0.15) is 12.5 Å². The van der Waals surface area contributed by atoms with Crippen LogP contribution >= 0.6 is 0 Å². The van der Waals surface area contributed by atoms with Crippen LogP contribution in [0.4, 0.5) is 11.4 Å². The van der Waals surface area contributed by atoms with Gasteiger partial charge < -0.3 is 23.6 Å². The molecule has 310 valence electrons. The summed E-state index contributed by atoms with van der Waals surface area (Å²) < 4.78 is 15.4. The molecular formula is C46H78N6O3. The van der Waals surface area contributed by atoms with Crippen molar-refractivity contribution in [1.29, 1.82) is 0 Å². The normalized spacial score (nSPS) is 14.0. The predicted octanol–water partition coefficient (Wildman–Crippen LogP) is 10.5. The molecule has 4 aromatic rings. The van der Waals surface area contributed by atoms with Gasteiger partial charge in [-0.3, -0.25) is 9.80 Å². The lowest BCUT2D eigenvalue weighted by Crippen LogP contribution is -2.47. The average Bonchev–Trinajstić information content (AvgIpc) is 4.00. The number of rotatable bonds is 16. The Balaban J connectivity index is 0.000000466. The first-order chi connectivity index (χ1) is 27.2. The Hall–Kier alpha value is -3.66. The van der Waals surface area contributed by atoms with Crippen LogP contribution in [0.5, 0.6) is 0 Å². The first kappa shape index (κ1) is 49.4. The summed E-state index contributed by atoms with van der Waals surface area (Å²) in [6, 6.07) is 23.5. The predicted molar refractivity (Wildman–Crippen MR) is 235 cm³/mol. The number of nitrogens with zero attached hydrogens (tertiary/aromatic N) is 6. The zero-order chi connectivity index (χ0) is 40.4. The minimum atomic E-state index is 0.788. The van der Waals surface area contributed by atoms with Crippen LogP contribution in [-0.2, 0) is 17.6 Å². The van der Waals surface area contributed by atoms with Crippen LogP contribution in [-0.4, -0.2) is 98.8 Å². The summed E-state index contributed by atoms with van der Waals surface area (Å²) in [5, 5.41) is 7.85. The summed E-state index contributed by atoms with van der Waals surface area (Å²) in [7, 11) is 0. The molecule has 0 amide bonds. The van der Waals surface area contributed by atoms with Crippen molar-refractivity contribution in [3.63, 3.8) is 0 Å². The molecule has 9 nitrogen and oxygen atoms in total. The Kier molecular flexibility index (Phi) is 30.2. The minimum Gasteiger partial charge on any atom is -0.380 e. The highest BCUT2D eigenvalue weighted by Crippen LogP contribution is 2.18. The molecule has 2 aromatic carbocycles. The summed E-state index contributed by atoms with van der Waals surface area (Å²) in [4.78, 5) is 10.1. The van der Waals surface area contributed by atoms with Gasteiger partial charge in [-0.25, -0.2) is 0 Å². The van der Waals surface area contributed by atoms with Crippen LogP contribution in [0.2, 0.25) is 0 Å². The van der Waals surface area contributed by atoms with Crippen LogP contribution in [0.25, 0.3) is 0 Å². The van der Waals surface area contributed by atoms with E-state index in [1.165, 1.54) is 62.3 Å². The number of unbranched alkanes of at least 4 members (excludes halogenated alkanes) is 3. The van der Waals surface area contributed by atoms with E-state index >= 15 is 0 Å². The molecule has 9 heteroatoms. The van der Waals surface area contributed by atoms with E-state index in [4.69, 9.17) is 13.8 Å². The van der Waals surface area contributed by atoms with Gasteiger partial charge in [0.15, 0.2) is 0 Å². The molecule has 55 heavy (non-hydrogen) atoms. The third-order valence-corrected chi connectivity index (χ3v) is 9.18. The third-order valence-electron chi connectivity index (χ3n) is 9.18. The molecule has 2 aliphatic rings. The summed E-state index contributed by atoms with van der Waals surface area (Å²) in [6.07, 6.45) is 11.4. The second-order valence-corrected chi connectivity index (χ2v) is 12.7. The van der Waals surface area contributed by atoms with Crippen LogP contribution in [0, 0.1) is 6.92 Å². The second kappa shape index (κ2) is 33.7. The summed E-state index contributed by atoms with van der Waals surface area (Å²) in [6.45, 7) is 31.1. The molecule has 0 radical (unpaired) electrons. The van der Waals surface area contributed by atoms with E-state index in [0.717, 1.165) is 89.7 Å². The Morgan fingerprint density at radius 2 is 0.964 bits per heavy atom. The third kappa shape index (κ3) is 21.3. The Bertz CT molecular complexity index is 1320. The Labute approximate surface area is 336 Å². The minimum absolute atomic E-state index is 0.788. The van der Waals surface area contributed by atoms with E-state index in [1.807, 2.05) is 67.5 Å². The summed E-state index contributed by atoms with van der Waals surface area (Å²) in [5.41, 5.74) is 6.11. The molecule has 0 spiro atoms. The molecule has 0 saturated carbocycles. The lowest BCUT2D eigenvalue weighted by molar-refractivity contribution is 0.0997. The average molecular weight is 763 g/mol. The number of anilines is 2. The summed E-state index contributed by atoms with van der Waals surface area (Å²) in [5.74, 6) is 0. The van der Waals surface area contributed by atoms with E-state index in [-0.39, 0.29) is 0 Å². The molecule has 0 bridgehead atoms. The molecule has 2 fully saturated rings. The number of aryl methyl sites for hydroxylation is 3. The van der Waals surface area contributed by atoms with E-state index in [9.17, 15) is 0 Å². The van der Waals surface area contributed by atoms with Gasteiger partial charge in [-0.2, -0.15) is 0 Å². The van der Waals surface area contributed by atoms with Crippen LogP contribution in [0.3, 0.4) is 0 Å². The number of para-hydroxylation sites is 1. The highest BCUT2D eigenvalue weighted by Gasteiger charge is 2.17. The first-order valence-electron chi connectivity index (χ1n) is 21.7. The molecule has 0 N–H and O–H groups in total. The van der Waals surface area contributed by atoms with Crippen molar-refractivity contribution in [1.82, 2.24) is 20.1 Å². The van der Waals surface area contributed by atoms with Crippen molar-refractivity contribution in [2.45, 2.75) is 107 Å². The van der Waals surface area contributed by atoms with Crippen molar-refractivity contribution < 1.29 is 13.8 Å². The Morgan fingerprint density at radius 1 is 0.491 bits per heavy atom.